The van der Waals surface area contributed by atoms with Crippen molar-refractivity contribution >= 4 is 34.5 Å². The van der Waals surface area contributed by atoms with E-state index in [0.717, 1.165) is 34.2 Å². The summed E-state index contributed by atoms with van der Waals surface area (Å²) in [5.41, 5.74) is 3.11. The van der Waals surface area contributed by atoms with Crippen molar-refractivity contribution in [1.82, 2.24) is 4.90 Å². The number of carbonyl (C=O) groups excluding carboxylic acids is 1. The molecule has 1 aromatic carbocycles. The van der Waals surface area contributed by atoms with Gasteiger partial charge < -0.3 is 5.32 Å². The SMILES string of the molecule is CCN(CC(=O)Nc1cc(C)ccc1C)Cc1ccc(Cl)s1. The van der Waals surface area contributed by atoms with Crippen molar-refractivity contribution in [2.24, 2.45) is 0 Å². The minimum Gasteiger partial charge on any atom is -0.325 e. The lowest BCUT2D eigenvalue weighted by Crippen LogP contribution is -2.32. The summed E-state index contributed by atoms with van der Waals surface area (Å²) in [6.07, 6.45) is 0. The van der Waals surface area contributed by atoms with Gasteiger partial charge in [-0.05, 0) is 49.7 Å². The highest BCUT2D eigenvalue weighted by atomic mass is 35.5. The van der Waals surface area contributed by atoms with Gasteiger partial charge in [-0.3, -0.25) is 9.69 Å². The Hall–Kier alpha value is -1.36. The van der Waals surface area contributed by atoms with Crippen molar-refractivity contribution < 1.29 is 4.79 Å². The van der Waals surface area contributed by atoms with Crippen LogP contribution in [0.15, 0.2) is 30.3 Å². The van der Waals surface area contributed by atoms with E-state index in [1.165, 1.54) is 4.88 Å². The van der Waals surface area contributed by atoms with Crippen LogP contribution in [0.2, 0.25) is 4.34 Å². The number of carbonyl (C=O) groups is 1. The van der Waals surface area contributed by atoms with Crippen LogP contribution in [0, 0.1) is 13.8 Å². The number of thiophene rings is 1. The zero-order valence-electron chi connectivity index (χ0n) is 13.1. The molecular formula is C17H21ClN2OS. The predicted octanol–water partition coefficient (Wildman–Crippen LogP) is 4.48. The van der Waals surface area contributed by atoms with E-state index in [-0.39, 0.29) is 5.91 Å². The van der Waals surface area contributed by atoms with Crippen LogP contribution in [-0.2, 0) is 11.3 Å². The Bertz CT molecular complexity index is 654. The summed E-state index contributed by atoms with van der Waals surface area (Å²) in [6.45, 7) is 8.01. The Labute approximate surface area is 140 Å². The van der Waals surface area contributed by atoms with E-state index in [0.29, 0.717) is 6.54 Å². The number of likely N-dealkylation sites (N-methyl/N-ethyl adjacent to an activating group) is 1. The number of hydrogen-bond acceptors (Lipinski definition) is 3. The summed E-state index contributed by atoms with van der Waals surface area (Å²) >= 11 is 7.51. The van der Waals surface area contributed by atoms with E-state index >= 15 is 0 Å². The summed E-state index contributed by atoms with van der Waals surface area (Å²) in [4.78, 5) is 15.5. The topological polar surface area (TPSA) is 32.3 Å². The van der Waals surface area contributed by atoms with E-state index in [9.17, 15) is 4.79 Å². The fourth-order valence-corrected chi connectivity index (χ4v) is 3.33. The van der Waals surface area contributed by atoms with Gasteiger partial charge in [-0.2, -0.15) is 0 Å². The molecular weight excluding hydrogens is 316 g/mol. The smallest absolute Gasteiger partial charge is 0.238 e. The summed E-state index contributed by atoms with van der Waals surface area (Å²) in [7, 11) is 0. The highest BCUT2D eigenvalue weighted by Crippen LogP contribution is 2.22. The third kappa shape index (κ3) is 4.83. The van der Waals surface area contributed by atoms with E-state index < -0.39 is 0 Å². The number of nitrogens with zero attached hydrogens (tertiary/aromatic N) is 1. The van der Waals surface area contributed by atoms with E-state index in [1.54, 1.807) is 11.3 Å². The predicted molar refractivity (Wildman–Crippen MR) is 94.8 cm³/mol. The lowest BCUT2D eigenvalue weighted by molar-refractivity contribution is -0.117. The number of aryl methyl sites for hydroxylation is 2. The van der Waals surface area contributed by atoms with Crippen LogP contribution in [0.25, 0.3) is 0 Å². The standard InChI is InChI=1S/C17H21ClN2OS/c1-4-20(10-14-7-8-16(18)22-14)11-17(21)19-15-9-12(2)5-6-13(15)3/h5-9H,4,10-11H2,1-3H3,(H,19,21). The maximum Gasteiger partial charge on any atom is 0.238 e. The normalized spacial score (nSPS) is 11.0. The first-order valence-corrected chi connectivity index (χ1v) is 8.51. The monoisotopic (exact) mass is 336 g/mol. The second-order valence-corrected chi connectivity index (χ2v) is 7.18. The Balaban J connectivity index is 1.95. The molecule has 0 radical (unpaired) electrons. The van der Waals surface area contributed by atoms with Gasteiger partial charge >= 0.3 is 0 Å². The number of benzene rings is 1. The highest BCUT2D eigenvalue weighted by molar-refractivity contribution is 7.16. The van der Waals surface area contributed by atoms with Crippen LogP contribution in [0.4, 0.5) is 5.69 Å². The average Bonchev–Trinajstić information content (AvgIpc) is 2.87. The van der Waals surface area contributed by atoms with Gasteiger partial charge in [-0.1, -0.05) is 30.7 Å². The van der Waals surface area contributed by atoms with Gasteiger partial charge in [-0.25, -0.2) is 0 Å². The maximum absolute atomic E-state index is 12.3. The van der Waals surface area contributed by atoms with Crippen LogP contribution in [0.3, 0.4) is 0 Å². The molecule has 0 aliphatic rings. The van der Waals surface area contributed by atoms with Gasteiger partial charge in [0.2, 0.25) is 5.91 Å². The van der Waals surface area contributed by atoms with Crippen molar-refractivity contribution in [3.63, 3.8) is 0 Å². The van der Waals surface area contributed by atoms with Crippen LogP contribution < -0.4 is 5.32 Å². The molecule has 0 spiro atoms. The van der Waals surface area contributed by atoms with Crippen molar-refractivity contribution in [3.8, 4) is 0 Å². The first kappa shape index (κ1) is 17.0. The number of nitrogens with one attached hydrogen (secondary N) is 1. The second-order valence-electron chi connectivity index (χ2n) is 5.38. The third-order valence-corrected chi connectivity index (χ3v) is 4.71. The fraction of sp³-hybridized carbons (Fsp3) is 0.353. The molecule has 0 bridgehead atoms. The number of anilines is 1. The van der Waals surface area contributed by atoms with E-state index in [4.69, 9.17) is 11.6 Å². The summed E-state index contributed by atoms with van der Waals surface area (Å²) in [5, 5.41) is 3.00. The Morgan fingerprint density at radius 2 is 2.05 bits per heavy atom. The molecule has 1 heterocycles. The summed E-state index contributed by atoms with van der Waals surface area (Å²) < 4.78 is 0.783. The molecule has 22 heavy (non-hydrogen) atoms. The first-order chi connectivity index (χ1) is 10.5. The van der Waals surface area contributed by atoms with Crippen LogP contribution in [-0.4, -0.2) is 23.9 Å². The van der Waals surface area contributed by atoms with Gasteiger partial charge in [0, 0.05) is 17.1 Å². The van der Waals surface area contributed by atoms with Crippen molar-refractivity contribution in [3.05, 3.63) is 50.7 Å². The molecule has 5 heteroatoms. The second kappa shape index (κ2) is 7.77. The Morgan fingerprint density at radius 1 is 1.27 bits per heavy atom. The quantitative estimate of drug-likeness (QED) is 0.843. The molecule has 1 N–H and O–H groups in total. The average molecular weight is 337 g/mol. The molecule has 0 aliphatic carbocycles. The molecule has 0 fully saturated rings. The van der Waals surface area contributed by atoms with Crippen LogP contribution in [0.5, 0.6) is 0 Å². The van der Waals surface area contributed by atoms with Gasteiger partial charge in [0.15, 0.2) is 0 Å². The maximum atomic E-state index is 12.3. The molecule has 0 aliphatic heterocycles. The molecule has 0 atom stereocenters. The largest absolute Gasteiger partial charge is 0.325 e. The fourth-order valence-electron chi connectivity index (χ4n) is 2.20. The van der Waals surface area contributed by atoms with Gasteiger partial charge in [0.25, 0.3) is 0 Å². The van der Waals surface area contributed by atoms with Gasteiger partial charge in [0.1, 0.15) is 0 Å². The number of hydrogen-bond donors (Lipinski definition) is 1. The number of halogens is 1. The molecule has 0 saturated heterocycles. The molecule has 0 unspecified atom stereocenters. The van der Waals surface area contributed by atoms with Gasteiger partial charge in [-0.15, -0.1) is 11.3 Å². The van der Waals surface area contributed by atoms with E-state index in [2.05, 4.69) is 17.1 Å². The summed E-state index contributed by atoms with van der Waals surface area (Å²) in [5.74, 6) is 0.0122. The Morgan fingerprint density at radius 3 is 2.68 bits per heavy atom. The minimum absolute atomic E-state index is 0.0122. The molecule has 3 nitrogen and oxygen atoms in total. The molecule has 2 rings (SSSR count). The van der Waals surface area contributed by atoms with Crippen molar-refractivity contribution in [2.75, 3.05) is 18.4 Å². The molecule has 1 amide bonds. The Kier molecular flexibility index (Phi) is 6.00. The van der Waals surface area contributed by atoms with E-state index in [1.807, 2.05) is 44.2 Å². The zero-order valence-corrected chi connectivity index (χ0v) is 14.7. The number of amides is 1. The van der Waals surface area contributed by atoms with Crippen molar-refractivity contribution in [1.29, 1.82) is 0 Å². The highest BCUT2D eigenvalue weighted by Gasteiger charge is 2.12. The third-order valence-electron chi connectivity index (χ3n) is 3.49. The van der Waals surface area contributed by atoms with Crippen molar-refractivity contribution in [2.45, 2.75) is 27.3 Å². The van der Waals surface area contributed by atoms with Crippen LogP contribution >= 0.6 is 22.9 Å². The molecule has 0 saturated carbocycles. The lowest BCUT2D eigenvalue weighted by atomic mass is 10.1. The zero-order chi connectivity index (χ0) is 16.1. The summed E-state index contributed by atoms with van der Waals surface area (Å²) in [6, 6.07) is 9.98. The molecule has 118 valence electrons. The number of rotatable bonds is 6. The lowest BCUT2D eigenvalue weighted by Gasteiger charge is -2.19. The minimum atomic E-state index is 0.0122. The van der Waals surface area contributed by atoms with Gasteiger partial charge in [0.05, 0.1) is 10.9 Å². The molecule has 2 aromatic rings. The molecule has 1 aromatic heterocycles. The van der Waals surface area contributed by atoms with Crippen LogP contribution in [0.1, 0.15) is 22.9 Å². The first-order valence-electron chi connectivity index (χ1n) is 7.31.